The van der Waals surface area contributed by atoms with Crippen LogP contribution in [0.15, 0.2) is 30.5 Å². The van der Waals surface area contributed by atoms with Gasteiger partial charge >= 0.3 is 0 Å². The Morgan fingerprint density at radius 3 is 3.00 bits per heavy atom. The van der Waals surface area contributed by atoms with Gasteiger partial charge in [-0.2, -0.15) is 0 Å². The molecule has 0 radical (unpaired) electrons. The number of hydrogen-bond acceptors (Lipinski definition) is 4. The molecule has 1 aliphatic rings. The highest BCUT2D eigenvalue weighted by Gasteiger charge is 2.14. The Morgan fingerprint density at radius 1 is 1.53 bits per heavy atom. The lowest BCUT2D eigenvalue weighted by Gasteiger charge is -2.20. The second-order valence-corrected chi connectivity index (χ2v) is 4.54. The van der Waals surface area contributed by atoms with Crippen LogP contribution in [-0.4, -0.2) is 17.6 Å². The third kappa shape index (κ3) is 3.47. The van der Waals surface area contributed by atoms with Crippen LogP contribution in [-0.2, 0) is 11.2 Å². The standard InChI is InChI=1S/C14H18N2O3/c1-2-11-6-7-12(9-14(11)16(17)18)15-10-13-5-3-4-8-19-13/h4,6-9,13,15H,2-3,5,10H2,1H3. The molecule has 0 fully saturated rings. The zero-order chi connectivity index (χ0) is 13.7. The van der Waals surface area contributed by atoms with Gasteiger partial charge in [-0.05, 0) is 31.4 Å². The van der Waals surface area contributed by atoms with E-state index in [0.717, 1.165) is 24.1 Å². The Balaban J connectivity index is 2.02. The number of nitrogens with zero attached hydrogens (tertiary/aromatic N) is 1. The van der Waals surface area contributed by atoms with E-state index in [2.05, 4.69) is 5.32 Å². The fraction of sp³-hybridized carbons (Fsp3) is 0.429. The summed E-state index contributed by atoms with van der Waals surface area (Å²) in [5.74, 6) is 0. The molecule has 0 saturated heterocycles. The number of nitro groups is 1. The van der Waals surface area contributed by atoms with Gasteiger partial charge in [0.2, 0.25) is 0 Å². The molecular weight excluding hydrogens is 244 g/mol. The molecule has 0 aromatic heterocycles. The lowest BCUT2D eigenvalue weighted by molar-refractivity contribution is -0.385. The van der Waals surface area contributed by atoms with Crippen molar-refractivity contribution in [3.63, 3.8) is 0 Å². The summed E-state index contributed by atoms with van der Waals surface area (Å²) in [6.45, 7) is 2.57. The number of anilines is 1. The van der Waals surface area contributed by atoms with Crippen molar-refractivity contribution in [2.24, 2.45) is 0 Å². The Labute approximate surface area is 112 Å². The predicted molar refractivity (Wildman–Crippen MR) is 74.2 cm³/mol. The van der Waals surface area contributed by atoms with Crippen LogP contribution in [0.2, 0.25) is 0 Å². The number of nitrogens with one attached hydrogen (secondary N) is 1. The molecule has 1 heterocycles. The van der Waals surface area contributed by atoms with Crippen LogP contribution in [0.25, 0.3) is 0 Å². The molecule has 0 aliphatic carbocycles. The predicted octanol–water partition coefficient (Wildman–Crippen LogP) is 3.26. The zero-order valence-corrected chi connectivity index (χ0v) is 11.0. The molecule has 0 spiro atoms. The third-order valence-corrected chi connectivity index (χ3v) is 3.22. The van der Waals surface area contributed by atoms with Gasteiger partial charge in [0.05, 0.1) is 17.7 Å². The molecule has 0 amide bonds. The molecule has 5 nitrogen and oxygen atoms in total. The van der Waals surface area contributed by atoms with E-state index in [1.807, 2.05) is 25.1 Å². The quantitative estimate of drug-likeness (QED) is 0.653. The minimum absolute atomic E-state index is 0.134. The average molecular weight is 262 g/mol. The fourth-order valence-corrected chi connectivity index (χ4v) is 2.11. The number of rotatable bonds is 5. The number of aryl methyl sites for hydroxylation is 1. The summed E-state index contributed by atoms with van der Waals surface area (Å²) in [5.41, 5.74) is 1.70. The molecule has 1 aliphatic heterocycles. The molecule has 1 atom stereocenters. The number of hydrogen-bond donors (Lipinski definition) is 1. The highest BCUT2D eigenvalue weighted by Crippen LogP contribution is 2.24. The molecule has 19 heavy (non-hydrogen) atoms. The largest absolute Gasteiger partial charge is 0.497 e. The minimum Gasteiger partial charge on any atom is -0.497 e. The third-order valence-electron chi connectivity index (χ3n) is 3.22. The van der Waals surface area contributed by atoms with Crippen molar-refractivity contribution in [3.8, 4) is 0 Å². The molecule has 1 N–H and O–H groups in total. The van der Waals surface area contributed by atoms with Crippen LogP contribution in [0.1, 0.15) is 25.3 Å². The van der Waals surface area contributed by atoms with Crippen molar-refractivity contribution in [1.82, 2.24) is 0 Å². The smallest absolute Gasteiger partial charge is 0.274 e. The van der Waals surface area contributed by atoms with Gasteiger partial charge in [0.1, 0.15) is 6.10 Å². The van der Waals surface area contributed by atoms with Crippen LogP contribution in [0.3, 0.4) is 0 Å². The molecule has 1 aromatic carbocycles. The molecule has 5 heteroatoms. The van der Waals surface area contributed by atoms with E-state index in [1.54, 1.807) is 12.3 Å². The van der Waals surface area contributed by atoms with Crippen LogP contribution in [0.5, 0.6) is 0 Å². The van der Waals surface area contributed by atoms with Gasteiger partial charge in [-0.25, -0.2) is 0 Å². The molecule has 2 rings (SSSR count). The van der Waals surface area contributed by atoms with E-state index in [9.17, 15) is 10.1 Å². The monoisotopic (exact) mass is 262 g/mol. The van der Waals surface area contributed by atoms with E-state index in [0.29, 0.717) is 13.0 Å². The first-order valence-electron chi connectivity index (χ1n) is 6.52. The van der Waals surface area contributed by atoms with E-state index < -0.39 is 0 Å². The van der Waals surface area contributed by atoms with Gasteiger partial charge in [-0.15, -0.1) is 0 Å². The number of ether oxygens (including phenoxy) is 1. The van der Waals surface area contributed by atoms with Crippen molar-refractivity contribution in [2.75, 3.05) is 11.9 Å². The summed E-state index contributed by atoms with van der Waals surface area (Å²) in [7, 11) is 0. The van der Waals surface area contributed by atoms with Gasteiger partial charge in [-0.3, -0.25) is 10.1 Å². The SMILES string of the molecule is CCc1ccc(NCC2CCC=CO2)cc1[N+](=O)[O-]. The lowest BCUT2D eigenvalue weighted by atomic mass is 10.1. The number of nitro benzene ring substituents is 1. The van der Waals surface area contributed by atoms with Crippen LogP contribution >= 0.6 is 0 Å². The van der Waals surface area contributed by atoms with Crippen LogP contribution in [0, 0.1) is 10.1 Å². The van der Waals surface area contributed by atoms with Crippen molar-refractivity contribution in [1.29, 1.82) is 0 Å². The first kappa shape index (κ1) is 13.4. The average Bonchev–Trinajstić information content (AvgIpc) is 2.46. The number of allylic oxidation sites excluding steroid dienone is 1. The highest BCUT2D eigenvalue weighted by atomic mass is 16.6. The summed E-state index contributed by atoms with van der Waals surface area (Å²) in [5, 5.41) is 14.2. The summed E-state index contributed by atoms with van der Waals surface area (Å²) in [6, 6.07) is 5.28. The van der Waals surface area contributed by atoms with Gasteiger partial charge in [0.15, 0.2) is 0 Å². The van der Waals surface area contributed by atoms with Crippen LogP contribution in [0.4, 0.5) is 11.4 Å². The van der Waals surface area contributed by atoms with Crippen molar-refractivity contribution >= 4 is 11.4 Å². The Morgan fingerprint density at radius 2 is 2.37 bits per heavy atom. The summed E-state index contributed by atoms with van der Waals surface area (Å²) in [6.07, 6.45) is 6.50. The van der Waals surface area contributed by atoms with Crippen molar-refractivity contribution in [3.05, 3.63) is 46.2 Å². The van der Waals surface area contributed by atoms with Gasteiger partial charge < -0.3 is 10.1 Å². The van der Waals surface area contributed by atoms with E-state index in [1.165, 1.54) is 0 Å². The first-order valence-corrected chi connectivity index (χ1v) is 6.52. The molecule has 1 aromatic rings. The maximum absolute atomic E-state index is 11.0. The normalized spacial score (nSPS) is 17.8. The van der Waals surface area contributed by atoms with E-state index in [4.69, 9.17) is 4.74 Å². The molecule has 102 valence electrons. The van der Waals surface area contributed by atoms with E-state index in [-0.39, 0.29) is 16.7 Å². The lowest BCUT2D eigenvalue weighted by Crippen LogP contribution is -2.23. The molecule has 1 unspecified atom stereocenters. The topological polar surface area (TPSA) is 64.4 Å². The van der Waals surface area contributed by atoms with Crippen LogP contribution < -0.4 is 5.32 Å². The highest BCUT2D eigenvalue weighted by molar-refractivity contribution is 5.55. The minimum atomic E-state index is -0.330. The zero-order valence-electron chi connectivity index (χ0n) is 11.0. The Kier molecular flexibility index (Phi) is 4.39. The number of benzene rings is 1. The first-order chi connectivity index (χ1) is 9.20. The van der Waals surface area contributed by atoms with Gasteiger partial charge in [0.25, 0.3) is 5.69 Å². The maximum atomic E-state index is 11.0. The van der Waals surface area contributed by atoms with Gasteiger partial charge in [0, 0.05) is 17.3 Å². The molecular formula is C14H18N2O3. The maximum Gasteiger partial charge on any atom is 0.274 e. The second-order valence-electron chi connectivity index (χ2n) is 4.54. The summed E-state index contributed by atoms with van der Waals surface area (Å²) >= 11 is 0. The van der Waals surface area contributed by atoms with E-state index >= 15 is 0 Å². The van der Waals surface area contributed by atoms with Gasteiger partial charge in [-0.1, -0.05) is 13.0 Å². The molecule has 0 bridgehead atoms. The summed E-state index contributed by atoms with van der Waals surface area (Å²) < 4.78 is 5.45. The molecule has 0 saturated carbocycles. The summed E-state index contributed by atoms with van der Waals surface area (Å²) in [4.78, 5) is 10.7. The Hall–Kier alpha value is -2.04. The fourth-order valence-electron chi connectivity index (χ4n) is 2.11. The second kappa shape index (κ2) is 6.22. The van der Waals surface area contributed by atoms with Crippen molar-refractivity contribution in [2.45, 2.75) is 32.3 Å². The Bertz CT molecular complexity index is 486. The van der Waals surface area contributed by atoms with Crippen molar-refractivity contribution < 1.29 is 9.66 Å².